The molecule has 0 spiro atoms. The van der Waals surface area contributed by atoms with Crippen LogP contribution in [0, 0.1) is 0 Å². The molecule has 0 aromatic rings. The first-order chi connectivity index (χ1) is 7.88. The molecule has 0 radical (unpaired) electrons. The Morgan fingerprint density at radius 3 is 2.69 bits per heavy atom. The third-order valence-electron chi connectivity index (χ3n) is 3.62. The van der Waals surface area contributed by atoms with Crippen molar-refractivity contribution in [3.8, 4) is 0 Å². The van der Waals surface area contributed by atoms with E-state index in [-0.39, 0.29) is 6.61 Å². The predicted octanol–water partition coefficient (Wildman–Crippen LogP) is 0.212. The summed E-state index contributed by atoms with van der Waals surface area (Å²) in [6.07, 6.45) is 5.28. The average Bonchev–Trinajstić information content (AvgIpc) is 2.81. The Hall–Kier alpha value is -0.160. The fourth-order valence-electron chi connectivity index (χ4n) is 2.70. The molecule has 2 saturated heterocycles. The number of hydrogen-bond donors (Lipinski definition) is 2. The summed E-state index contributed by atoms with van der Waals surface area (Å²) in [5, 5.41) is 12.2. The van der Waals surface area contributed by atoms with Crippen molar-refractivity contribution in [2.24, 2.45) is 0 Å². The van der Waals surface area contributed by atoms with Gasteiger partial charge >= 0.3 is 0 Å². The molecule has 0 aromatic carbocycles. The van der Waals surface area contributed by atoms with Crippen LogP contribution >= 0.6 is 0 Å². The van der Waals surface area contributed by atoms with Gasteiger partial charge in [0.2, 0.25) is 0 Å². The van der Waals surface area contributed by atoms with Gasteiger partial charge in [0.15, 0.2) is 0 Å². The molecule has 2 heterocycles. The van der Waals surface area contributed by atoms with E-state index in [4.69, 9.17) is 9.84 Å². The van der Waals surface area contributed by atoms with Crippen molar-refractivity contribution in [3.05, 3.63) is 0 Å². The summed E-state index contributed by atoms with van der Waals surface area (Å²) in [6.45, 7) is 5.33. The summed E-state index contributed by atoms with van der Waals surface area (Å²) < 4.78 is 5.56. The second-order valence-electron chi connectivity index (χ2n) is 4.89. The van der Waals surface area contributed by atoms with Gasteiger partial charge in [0.05, 0.1) is 19.3 Å². The minimum Gasteiger partial charge on any atom is -0.394 e. The molecule has 1 unspecified atom stereocenters. The molecule has 0 amide bonds. The Labute approximate surface area is 98.0 Å². The highest BCUT2D eigenvalue weighted by Gasteiger charge is 2.23. The zero-order valence-electron chi connectivity index (χ0n) is 10.0. The maximum absolute atomic E-state index is 8.69. The van der Waals surface area contributed by atoms with Gasteiger partial charge < -0.3 is 20.1 Å². The molecule has 2 rings (SSSR count). The van der Waals surface area contributed by atoms with Crippen molar-refractivity contribution in [1.29, 1.82) is 0 Å². The Kier molecular flexibility index (Phi) is 5.03. The predicted molar refractivity (Wildman–Crippen MR) is 63.5 cm³/mol. The Morgan fingerprint density at radius 2 is 2.06 bits per heavy atom. The third-order valence-corrected chi connectivity index (χ3v) is 3.62. The number of hydrogen-bond acceptors (Lipinski definition) is 4. The van der Waals surface area contributed by atoms with Crippen molar-refractivity contribution >= 4 is 0 Å². The van der Waals surface area contributed by atoms with Crippen molar-refractivity contribution < 1.29 is 9.84 Å². The molecule has 0 aromatic heterocycles. The molecular formula is C12H24N2O2. The molecule has 2 N–H and O–H groups in total. The summed E-state index contributed by atoms with van der Waals surface area (Å²) in [5.41, 5.74) is 0. The van der Waals surface area contributed by atoms with E-state index in [1.165, 1.54) is 25.9 Å². The van der Waals surface area contributed by atoms with Gasteiger partial charge in [-0.25, -0.2) is 0 Å². The molecule has 0 saturated carbocycles. The first kappa shape index (κ1) is 12.3. The topological polar surface area (TPSA) is 44.7 Å². The lowest BCUT2D eigenvalue weighted by molar-refractivity contribution is -0.00871. The van der Waals surface area contributed by atoms with Crippen LogP contribution in [0.1, 0.15) is 25.7 Å². The van der Waals surface area contributed by atoms with E-state index in [9.17, 15) is 0 Å². The lowest BCUT2D eigenvalue weighted by atomic mass is 10.1. The maximum Gasteiger partial charge on any atom is 0.0701 e. The van der Waals surface area contributed by atoms with E-state index < -0.39 is 0 Å². The Bertz CT molecular complexity index is 187. The van der Waals surface area contributed by atoms with Crippen LogP contribution in [0.3, 0.4) is 0 Å². The van der Waals surface area contributed by atoms with E-state index in [0.29, 0.717) is 12.7 Å². The lowest BCUT2D eigenvalue weighted by Gasteiger charge is -2.33. The summed E-state index contributed by atoms with van der Waals surface area (Å²) in [7, 11) is 0. The zero-order valence-corrected chi connectivity index (χ0v) is 10.0. The molecule has 0 aliphatic carbocycles. The van der Waals surface area contributed by atoms with Crippen LogP contribution in [0.5, 0.6) is 0 Å². The van der Waals surface area contributed by atoms with Crippen LogP contribution in [-0.4, -0.2) is 61.5 Å². The highest BCUT2D eigenvalue weighted by Crippen LogP contribution is 2.15. The number of aliphatic hydroxyl groups is 1. The fraction of sp³-hybridized carbons (Fsp3) is 1.00. The van der Waals surface area contributed by atoms with Crippen LogP contribution in [0.25, 0.3) is 0 Å². The second-order valence-corrected chi connectivity index (χ2v) is 4.89. The van der Waals surface area contributed by atoms with Gasteiger partial charge in [0.25, 0.3) is 0 Å². The summed E-state index contributed by atoms with van der Waals surface area (Å²) in [4.78, 5) is 2.54. The summed E-state index contributed by atoms with van der Waals surface area (Å²) in [6, 6.07) is 0.718. The van der Waals surface area contributed by atoms with E-state index in [1.54, 1.807) is 0 Å². The van der Waals surface area contributed by atoms with E-state index in [1.807, 2.05) is 0 Å². The number of aliphatic hydroxyl groups excluding tert-OH is 1. The van der Waals surface area contributed by atoms with E-state index in [0.717, 1.165) is 32.0 Å². The Morgan fingerprint density at radius 1 is 1.25 bits per heavy atom. The number of nitrogens with zero attached hydrogens (tertiary/aromatic N) is 1. The van der Waals surface area contributed by atoms with Crippen molar-refractivity contribution in [2.45, 2.75) is 37.8 Å². The van der Waals surface area contributed by atoms with Crippen LogP contribution in [-0.2, 0) is 4.74 Å². The van der Waals surface area contributed by atoms with Gasteiger partial charge in [0, 0.05) is 25.7 Å². The van der Waals surface area contributed by atoms with Crippen LogP contribution < -0.4 is 5.32 Å². The molecular weight excluding hydrogens is 204 g/mol. The Balaban J connectivity index is 1.60. The summed E-state index contributed by atoms with van der Waals surface area (Å²) in [5.74, 6) is 0. The molecule has 16 heavy (non-hydrogen) atoms. The van der Waals surface area contributed by atoms with Crippen LogP contribution in [0.15, 0.2) is 0 Å². The highest BCUT2D eigenvalue weighted by molar-refractivity contribution is 4.81. The third kappa shape index (κ3) is 3.70. The SMILES string of the molecule is OCCOC1CCN(CC2CCCN2)CC1. The van der Waals surface area contributed by atoms with Gasteiger partial charge in [-0.15, -0.1) is 0 Å². The number of ether oxygens (including phenoxy) is 1. The molecule has 2 aliphatic heterocycles. The van der Waals surface area contributed by atoms with Gasteiger partial charge in [-0.1, -0.05) is 0 Å². The van der Waals surface area contributed by atoms with Gasteiger partial charge in [-0.05, 0) is 32.2 Å². The normalized spacial score (nSPS) is 28.7. The standard InChI is InChI=1S/C12H24N2O2/c15-8-9-16-12-3-6-14(7-4-12)10-11-2-1-5-13-11/h11-13,15H,1-10H2. The van der Waals surface area contributed by atoms with E-state index >= 15 is 0 Å². The van der Waals surface area contributed by atoms with Crippen molar-refractivity contribution in [2.75, 3.05) is 39.4 Å². The fourth-order valence-corrected chi connectivity index (χ4v) is 2.70. The molecule has 0 bridgehead atoms. The van der Waals surface area contributed by atoms with E-state index in [2.05, 4.69) is 10.2 Å². The molecule has 2 aliphatic rings. The second kappa shape index (κ2) is 6.55. The number of rotatable bonds is 5. The van der Waals surface area contributed by atoms with Crippen LogP contribution in [0.4, 0.5) is 0 Å². The van der Waals surface area contributed by atoms with Gasteiger partial charge in [-0.3, -0.25) is 0 Å². The monoisotopic (exact) mass is 228 g/mol. The van der Waals surface area contributed by atoms with Crippen molar-refractivity contribution in [1.82, 2.24) is 10.2 Å². The van der Waals surface area contributed by atoms with Crippen LogP contribution in [0.2, 0.25) is 0 Å². The quantitative estimate of drug-likeness (QED) is 0.706. The minimum absolute atomic E-state index is 0.145. The molecule has 2 fully saturated rings. The first-order valence-electron chi connectivity index (χ1n) is 6.56. The average molecular weight is 228 g/mol. The maximum atomic E-state index is 8.69. The zero-order chi connectivity index (χ0) is 11.2. The van der Waals surface area contributed by atoms with Crippen molar-refractivity contribution in [3.63, 3.8) is 0 Å². The minimum atomic E-state index is 0.145. The largest absolute Gasteiger partial charge is 0.394 e. The van der Waals surface area contributed by atoms with Gasteiger partial charge in [0.1, 0.15) is 0 Å². The number of nitrogens with one attached hydrogen (secondary N) is 1. The summed E-state index contributed by atoms with van der Waals surface area (Å²) >= 11 is 0. The molecule has 1 atom stereocenters. The molecule has 4 nitrogen and oxygen atoms in total. The first-order valence-corrected chi connectivity index (χ1v) is 6.56. The highest BCUT2D eigenvalue weighted by atomic mass is 16.5. The smallest absolute Gasteiger partial charge is 0.0701 e. The molecule has 94 valence electrons. The van der Waals surface area contributed by atoms with Gasteiger partial charge in [-0.2, -0.15) is 0 Å². The lowest BCUT2D eigenvalue weighted by Crippen LogP contribution is -2.43. The number of likely N-dealkylation sites (tertiary alicyclic amines) is 1. The number of piperidine rings is 1. The molecule has 4 heteroatoms.